The second-order valence-corrected chi connectivity index (χ2v) is 7.53. The summed E-state index contributed by atoms with van der Waals surface area (Å²) in [5.41, 5.74) is 0. The van der Waals surface area contributed by atoms with Crippen molar-refractivity contribution < 1.29 is 5.11 Å². The Bertz CT molecular complexity index is 294. The van der Waals surface area contributed by atoms with Gasteiger partial charge in [-0.15, -0.1) is 0 Å². The summed E-state index contributed by atoms with van der Waals surface area (Å²) in [7, 11) is 0. The monoisotopic (exact) mass is 322 g/mol. The van der Waals surface area contributed by atoms with Crippen LogP contribution < -0.4 is 0 Å². The number of aliphatic hydroxyl groups excluding tert-OH is 1. The molecule has 0 amide bonds. The van der Waals surface area contributed by atoms with Gasteiger partial charge >= 0.3 is 0 Å². The lowest BCUT2D eigenvalue weighted by Gasteiger charge is -2.41. The number of aliphatic hydroxyl groups is 1. The highest BCUT2D eigenvalue weighted by molar-refractivity contribution is 4.85. The zero-order valence-electron chi connectivity index (χ0n) is 16.1. The Balaban J connectivity index is 0.00000127. The van der Waals surface area contributed by atoms with E-state index in [-0.39, 0.29) is 0 Å². The van der Waals surface area contributed by atoms with Crippen LogP contribution in [0.5, 0.6) is 0 Å². The summed E-state index contributed by atoms with van der Waals surface area (Å²) < 4.78 is 0. The lowest BCUT2D eigenvalue weighted by Crippen LogP contribution is -2.31. The molecule has 136 valence electrons. The van der Waals surface area contributed by atoms with Gasteiger partial charge in [0.05, 0.1) is 0 Å². The molecule has 23 heavy (non-hydrogen) atoms. The van der Waals surface area contributed by atoms with E-state index >= 15 is 0 Å². The molecule has 0 aliphatic heterocycles. The third kappa shape index (κ3) is 7.42. The average Bonchev–Trinajstić information content (AvgIpc) is 2.62. The van der Waals surface area contributed by atoms with Gasteiger partial charge in [0.1, 0.15) is 0 Å². The van der Waals surface area contributed by atoms with Crippen LogP contribution >= 0.6 is 0 Å². The van der Waals surface area contributed by atoms with Gasteiger partial charge in [-0.3, -0.25) is 0 Å². The number of hydrogen-bond acceptors (Lipinski definition) is 1. The van der Waals surface area contributed by atoms with E-state index in [2.05, 4.69) is 19.1 Å². The van der Waals surface area contributed by atoms with Crippen LogP contribution in [-0.2, 0) is 0 Å². The first-order chi connectivity index (χ1) is 11.3. The summed E-state index contributed by atoms with van der Waals surface area (Å²) >= 11 is 0. The van der Waals surface area contributed by atoms with Crippen LogP contribution in [0.4, 0.5) is 0 Å². The van der Waals surface area contributed by atoms with Gasteiger partial charge in [-0.1, -0.05) is 77.4 Å². The van der Waals surface area contributed by atoms with Crippen LogP contribution in [0.25, 0.3) is 0 Å². The first kappa shape index (κ1) is 20.7. The Hall–Kier alpha value is -0.300. The van der Waals surface area contributed by atoms with Gasteiger partial charge in [0, 0.05) is 6.61 Å². The minimum atomic E-state index is 0.383. The molecule has 0 saturated heterocycles. The minimum absolute atomic E-state index is 0.383. The molecule has 0 aromatic rings. The second-order valence-electron chi connectivity index (χ2n) is 7.53. The van der Waals surface area contributed by atoms with Crippen molar-refractivity contribution in [2.75, 3.05) is 6.61 Å². The molecule has 1 N–H and O–H groups in total. The molecule has 2 aliphatic rings. The Labute approximate surface area is 146 Å². The van der Waals surface area contributed by atoms with Crippen LogP contribution in [-0.4, -0.2) is 11.7 Å². The smallest absolute Gasteiger partial charge is 0.0459 e. The summed E-state index contributed by atoms with van der Waals surface area (Å²) in [6.45, 7) is 6.46. The van der Waals surface area contributed by atoms with Crippen molar-refractivity contribution in [2.24, 2.45) is 23.7 Å². The molecular weight excluding hydrogens is 280 g/mol. The van der Waals surface area contributed by atoms with E-state index in [1.807, 2.05) is 13.8 Å². The van der Waals surface area contributed by atoms with E-state index in [9.17, 15) is 5.11 Å². The van der Waals surface area contributed by atoms with Crippen molar-refractivity contribution >= 4 is 0 Å². The first-order valence-electron chi connectivity index (χ1n) is 10.6. The molecule has 2 saturated carbocycles. The van der Waals surface area contributed by atoms with E-state index < -0.39 is 0 Å². The van der Waals surface area contributed by atoms with Crippen molar-refractivity contribution in [3.05, 3.63) is 12.2 Å². The van der Waals surface area contributed by atoms with E-state index in [0.717, 1.165) is 30.6 Å². The summed E-state index contributed by atoms with van der Waals surface area (Å²) in [6, 6.07) is 0. The first-order valence-corrected chi connectivity index (χ1v) is 10.6. The third-order valence-electron chi connectivity index (χ3n) is 6.15. The highest BCUT2D eigenvalue weighted by atomic mass is 16.3. The van der Waals surface area contributed by atoms with Crippen LogP contribution in [0.2, 0.25) is 0 Å². The maximum Gasteiger partial charge on any atom is 0.0459 e. The fraction of sp³-hybridized carbons (Fsp3) is 0.909. The van der Waals surface area contributed by atoms with Crippen LogP contribution in [0.1, 0.15) is 97.8 Å². The molecule has 2 fully saturated rings. The van der Waals surface area contributed by atoms with E-state index in [1.54, 1.807) is 0 Å². The lowest BCUT2D eigenvalue weighted by atomic mass is 9.64. The third-order valence-corrected chi connectivity index (χ3v) is 6.15. The molecule has 4 unspecified atom stereocenters. The lowest BCUT2D eigenvalue weighted by molar-refractivity contribution is 0.0939. The highest BCUT2D eigenvalue weighted by Crippen LogP contribution is 2.45. The standard InChI is InChI=1S/C20H36O.C2H6/c1-2-3-4-9-17(16-21)10-7-12-19-14-8-13-18-11-5-6-15-20(18)19;1-2/h2-3,17-21H,4-16H2,1H3;1-2H3/b3-2-;. The van der Waals surface area contributed by atoms with Gasteiger partial charge in [0.2, 0.25) is 0 Å². The molecule has 0 heterocycles. The number of rotatable bonds is 8. The molecular formula is C22H42O. The number of allylic oxidation sites excluding steroid dienone is 2. The molecule has 0 bridgehead atoms. The predicted octanol–water partition coefficient (Wildman–Crippen LogP) is 6.75. The Morgan fingerprint density at radius 1 is 1.00 bits per heavy atom. The zero-order chi connectivity index (χ0) is 16.9. The van der Waals surface area contributed by atoms with Crippen molar-refractivity contribution in [1.82, 2.24) is 0 Å². The topological polar surface area (TPSA) is 20.2 Å². The maximum atomic E-state index is 9.53. The zero-order valence-corrected chi connectivity index (χ0v) is 16.1. The largest absolute Gasteiger partial charge is 0.396 e. The maximum absolute atomic E-state index is 9.53. The quantitative estimate of drug-likeness (QED) is 0.490. The average molecular weight is 323 g/mol. The van der Waals surface area contributed by atoms with Gasteiger partial charge in [-0.25, -0.2) is 0 Å². The SMILES string of the molecule is C/C=C\CCC(CO)CCCC1CCCC2CCCCC21.CC. The van der Waals surface area contributed by atoms with Crippen molar-refractivity contribution in [3.63, 3.8) is 0 Å². The number of hydrogen-bond donors (Lipinski definition) is 1. The Morgan fingerprint density at radius 3 is 2.48 bits per heavy atom. The van der Waals surface area contributed by atoms with Crippen molar-refractivity contribution in [1.29, 1.82) is 0 Å². The molecule has 2 aliphatic carbocycles. The van der Waals surface area contributed by atoms with Crippen LogP contribution in [0.3, 0.4) is 0 Å². The van der Waals surface area contributed by atoms with Gasteiger partial charge in [-0.05, 0) is 56.3 Å². The molecule has 0 spiro atoms. The van der Waals surface area contributed by atoms with Gasteiger partial charge in [-0.2, -0.15) is 0 Å². The molecule has 0 aromatic carbocycles. The van der Waals surface area contributed by atoms with Crippen molar-refractivity contribution in [2.45, 2.75) is 97.8 Å². The van der Waals surface area contributed by atoms with Gasteiger partial charge in [0.15, 0.2) is 0 Å². The second kappa shape index (κ2) is 13.0. The highest BCUT2D eigenvalue weighted by Gasteiger charge is 2.34. The minimum Gasteiger partial charge on any atom is -0.396 e. The predicted molar refractivity (Wildman–Crippen MR) is 103 cm³/mol. The summed E-state index contributed by atoms with van der Waals surface area (Å²) in [5.74, 6) is 3.68. The Morgan fingerprint density at radius 2 is 1.74 bits per heavy atom. The van der Waals surface area contributed by atoms with E-state index in [4.69, 9.17) is 0 Å². The molecule has 0 radical (unpaired) electrons. The fourth-order valence-corrected chi connectivity index (χ4v) is 4.92. The van der Waals surface area contributed by atoms with Crippen molar-refractivity contribution in [3.8, 4) is 0 Å². The van der Waals surface area contributed by atoms with Gasteiger partial charge in [0.25, 0.3) is 0 Å². The van der Waals surface area contributed by atoms with Crippen LogP contribution in [0, 0.1) is 23.7 Å². The molecule has 2 rings (SSSR count). The molecule has 4 atom stereocenters. The van der Waals surface area contributed by atoms with Crippen LogP contribution in [0.15, 0.2) is 12.2 Å². The Kier molecular flexibility index (Phi) is 11.8. The summed E-state index contributed by atoms with van der Waals surface area (Å²) in [6.07, 6.45) is 21.2. The molecule has 1 heteroatoms. The fourth-order valence-electron chi connectivity index (χ4n) is 4.92. The molecule has 1 nitrogen and oxygen atoms in total. The normalized spacial score (nSPS) is 28.8. The number of fused-ring (bicyclic) bond motifs is 1. The van der Waals surface area contributed by atoms with E-state index in [0.29, 0.717) is 12.5 Å². The van der Waals surface area contributed by atoms with E-state index in [1.165, 1.54) is 64.2 Å². The molecule has 0 aromatic heterocycles. The summed E-state index contributed by atoms with van der Waals surface area (Å²) in [4.78, 5) is 0. The van der Waals surface area contributed by atoms with Gasteiger partial charge < -0.3 is 5.11 Å². The summed E-state index contributed by atoms with van der Waals surface area (Å²) in [5, 5.41) is 9.53.